The van der Waals surface area contributed by atoms with Crippen molar-refractivity contribution < 1.29 is 28.7 Å². The number of nitrogens with zero attached hydrogens (tertiary/aromatic N) is 2. The number of carbonyl (C=O) groups excluding carboxylic acids is 4. The monoisotopic (exact) mass is 496 g/mol. The molecule has 6 atom stereocenters. The maximum atomic E-state index is 12.8. The van der Waals surface area contributed by atoms with Crippen LogP contribution in [0.15, 0.2) is 30.3 Å². The van der Waals surface area contributed by atoms with Crippen molar-refractivity contribution in [1.82, 2.24) is 9.80 Å². The van der Waals surface area contributed by atoms with Gasteiger partial charge < -0.3 is 9.47 Å². The molecule has 36 heavy (non-hydrogen) atoms. The van der Waals surface area contributed by atoms with E-state index < -0.39 is 18.0 Å². The van der Waals surface area contributed by atoms with E-state index in [1.54, 1.807) is 24.3 Å². The molecule has 2 amide bonds. The SMILES string of the molecule is COC(=O)C1C(OC(=O)c2ccccc2)CC2CCC1N2CCCCN1C(=O)C2CCCCC2C1=O. The molecule has 3 aliphatic heterocycles. The second-order valence-electron chi connectivity index (χ2n) is 10.7. The quantitative estimate of drug-likeness (QED) is 0.310. The molecule has 8 nitrogen and oxygen atoms in total. The number of imide groups is 1. The minimum Gasteiger partial charge on any atom is -0.469 e. The van der Waals surface area contributed by atoms with Gasteiger partial charge in [-0.15, -0.1) is 0 Å². The molecule has 1 saturated carbocycles. The molecule has 194 valence electrons. The van der Waals surface area contributed by atoms with Gasteiger partial charge in [0.25, 0.3) is 0 Å². The number of rotatable bonds is 8. The number of fused-ring (bicyclic) bond motifs is 3. The van der Waals surface area contributed by atoms with E-state index in [2.05, 4.69) is 4.90 Å². The van der Waals surface area contributed by atoms with E-state index in [0.29, 0.717) is 18.5 Å². The number of methoxy groups -OCH3 is 1. The van der Waals surface area contributed by atoms with E-state index in [4.69, 9.17) is 9.47 Å². The standard InChI is InChI=1S/C28H36N2O6/c1-35-28(34)24-22-14-13-19(17-23(24)36-27(33)18-9-3-2-4-10-18)29(22)15-7-8-16-30-25(31)20-11-5-6-12-21(20)26(30)32/h2-4,9-10,19-24H,5-8,11-17H2,1H3. The molecule has 0 radical (unpaired) electrons. The Morgan fingerprint density at radius 3 is 2.25 bits per heavy atom. The summed E-state index contributed by atoms with van der Waals surface area (Å²) in [4.78, 5) is 54.9. The lowest BCUT2D eigenvalue weighted by Gasteiger charge is -2.42. The maximum Gasteiger partial charge on any atom is 0.338 e. The first kappa shape index (κ1) is 24.9. The van der Waals surface area contributed by atoms with Crippen molar-refractivity contribution in [2.75, 3.05) is 20.2 Å². The van der Waals surface area contributed by atoms with Gasteiger partial charge >= 0.3 is 11.9 Å². The van der Waals surface area contributed by atoms with Gasteiger partial charge in [-0.25, -0.2) is 4.79 Å². The molecular weight excluding hydrogens is 460 g/mol. The number of amides is 2. The Balaban J connectivity index is 1.18. The largest absolute Gasteiger partial charge is 0.469 e. The highest BCUT2D eigenvalue weighted by atomic mass is 16.6. The number of hydrogen-bond acceptors (Lipinski definition) is 7. The van der Waals surface area contributed by atoms with Crippen LogP contribution in [0.5, 0.6) is 0 Å². The molecule has 0 aromatic heterocycles. The number of esters is 2. The number of benzene rings is 1. The third kappa shape index (κ3) is 4.67. The lowest BCUT2D eigenvalue weighted by atomic mass is 9.81. The summed E-state index contributed by atoms with van der Waals surface area (Å²) in [5.74, 6) is -1.42. The van der Waals surface area contributed by atoms with E-state index in [9.17, 15) is 19.2 Å². The van der Waals surface area contributed by atoms with Gasteiger partial charge in [0.2, 0.25) is 11.8 Å². The summed E-state index contributed by atoms with van der Waals surface area (Å²) < 4.78 is 11.0. The molecular formula is C28H36N2O6. The van der Waals surface area contributed by atoms with Crippen LogP contribution < -0.4 is 0 Å². The molecule has 3 heterocycles. The molecule has 5 rings (SSSR count). The molecule has 1 aromatic carbocycles. The fraction of sp³-hybridized carbons (Fsp3) is 0.643. The van der Waals surface area contributed by atoms with Gasteiger partial charge in [0.1, 0.15) is 12.0 Å². The van der Waals surface area contributed by atoms with Gasteiger partial charge in [-0.2, -0.15) is 0 Å². The molecule has 1 aromatic rings. The van der Waals surface area contributed by atoms with E-state index in [1.165, 1.54) is 12.0 Å². The number of carbonyl (C=O) groups is 4. The zero-order valence-corrected chi connectivity index (χ0v) is 21.0. The first-order chi connectivity index (χ1) is 17.5. The molecule has 4 fully saturated rings. The van der Waals surface area contributed by atoms with Crippen molar-refractivity contribution >= 4 is 23.8 Å². The summed E-state index contributed by atoms with van der Waals surface area (Å²) in [5, 5.41) is 0. The van der Waals surface area contributed by atoms with E-state index >= 15 is 0 Å². The van der Waals surface area contributed by atoms with E-state index in [0.717, 1.165) is 57.9 Å². The van der Waals surface area contributed by atoms with Gasteiger partial charge in [0.05, 0.1) is 24.5 Å². The molecule has 3 saturated heterocycles. The number of ether oxygens (including phenoxy) is 2. The van der Waals surface area contributed by atoms with Crippen LogP contribution >= 0.6 is 0 Å². The smallest absolute Gasteiger partial charge is 0.338 e. The molecule has 8 heteroatoms. The van der Waals surface area contributed by atoms with Crippen LogP contribution in [0, 0.1) is 17.8 Å². The molecule has 1 aliphatic carbocycles. The van der Waals surface area contributed by atoms with Gasteiger partial charge in [-0.3, -0.25) is 24.2 Å². The molecule has 4 aliphatic rings. The van der Waals surface area contributed by atoms with Gasteiger partial charge in [-0.05, 0) is 57.2 Å². The van der Waals surface area contributed by atoms with Crippen molar-refractivity contribution in [2.24, 2.45) is 17.8 Å². The van der Waals surface area contributed by atoms with Crippen LogP contribution in [0.2, 0.25) is 0 Å². The van der Waals surface area contributed by atoms with Gasteiger partial charge in [0.15, 0.2) is 0 Å². The fourth-order valence-corrected chi connectivity index (χ4v) is 6.98. The Labute approximate surface area is 212 Å². The summed E-state index contributed by atoms with van der Waals surface area (Å²) in [6, 6.07) is 9.05. The number of hydrogen-bond donors (Lipinski definition) is 0. The summed E-state index contributed by atoms with van der Waals surface area (Å²) in [6.07, 6.45) is 7.23. The topological polar surface area (TPSA) is 93.2 Å². The highest BCUT2D eigenvalue weighted by Gasteiger charge is 2.52. The third-order valence-electron chi connectivity index (χ3n) is 8.73. The van der Waals surface area contributed by atoms with Gasteiger partial charge in [0, 0.05) is 25.0 Å². The van der Waals surface area contributed by atoms with Gasteiger partial charge in [-0.1, -0.05) is 31.0 Å². The van der Waals surface area contributed by atoms with Crippen molar-refractivity contribution in [1.29, 1.82) is 0 Å². The fourth-order valence-electron chi connectivity index (χ4n) is 6.98. The Morgan fingerprint density at radius 1 is 0.917 bits per heavy atom. The average molecular weight is 497 g/mol. The van der Waals surface area contributed by atoms with Crippen LogP contribution in [0.25, 0.3) is 0 Å². The first-order valence-corrected chi connectivity index (χ1v) is 13.4. The highest BCUT2D eigenvalue weighted by Crippen LogP contribution is 2.42. The highest BCUT2D eigenvalue weighted by molar-refractivity contribution is 6.05. The maximum absolute atomic E-state index is 12.8. The van der Waals surface area contributed by atoms with Crippen LogP contribution in [0.3, 0.4) is 0 Å². The second-order valence-corrected chi connectivity index (χ2v) is 10.7. The Hall–Kier alpha value is -2.74. The van der Waals surface area contributed by atoms with Crippen LogP contribution in [0.4, 0.5) is 0 Å². The van der Waals surface area contributed by atoms with Crippen molar-refractivity contribution in [3.63, 3.8) is 0 Å². The molecule has 6 unspecified atom stereocenters. The number of piperidine rings is 1. The lowest BCUT2D eigenvalue weighted by Crippen LogP contribution is -2.55. The minimum atomic E-state index is -0.522. The Kier molecular flexibility index (Phi) is 7.42. The Bertz CT molecular complexity index is 973. The first-order valence-electron chi connectivity index (χ1n) is 13.4. The predicted octanol–water partition coefficient (Wildman–Crippen LogP) is 3.19. The lowest BCUT2D eigenvalue weighted by molar-refractivity contribution is -0.156. The predicted molar refractivity (Wildman–Crippen MR) is 131 cm³/mol. The number of likely N-dealkylation sites (tertiary alicyclic amines) is 1. The average Bonchev–Trinajstić information content (AvgIpc) is 3.32. The summed E-state index contributed by atoms with van der Waals surface area (Å²) in [6.45, 7) is 1.26. The van der Waals surface area contributed by atoms with E-state index in [-0.39, 0.29) is 41.7 Å². The van der Waals surface area contributed by atoms with Crippen LogP contribution in [-0.4, -0.2) is 71.9 Å². The molecule has 0 spiro atoms. The molecule has 0 N–H and O–H groups in total. The summed E-state index contributed by atoms with van der Waals surface area (Å²) in [5.41, 5.74) is 0.474. The zero-order chi connectivity index (χ0) is 25.2. The number of unbranched alkanes of at least 4 members (excludes halogenated alkanes) is 1. The second kappa shape index (κ2) is 10.7. The third-order valence-corrected chi connectivity index (χ3v) is 8.73. The van der Waals surface area contributed by atoms with Crippen LogP contribution in [0.1, 0.15) is 68.1 Å². The minimum absolute atomic E-state index is 0.0246. The van der Waals surface area contributed by atoms with Crippen molar-refractivity contribution in [3.05, 3.63) is 35.9 Å². The summed E-state index contributed by atoms with van der Waals surface area (Å²) >= 11 is 0. The van der Waals surface area contributed by atoms with E-state index in [1.807, 2.05) is 6.07 Å². The summed E-state index contributed by atoms with van der Waals surface area (Å²) in [7, 11) is 1.38. The van der Waals surface area contributed by atoms with Crippen LogP contribution in [-0.2, 0) is 23.9 Å². The normalized spacial score (nSPS) is 31.9. The van der Waals surface area contributed by atoms with Crippen molar-refractivity contribution in [2.45, 2.75) is 76.0 Å². The zero-order valence-electron chi connectivity index (χ0n) is 21.0. The Morgan fingerprint density at radius 2 is 1.58 bits per heavy atom. The van der Waals surface area contributed by atoms with Crippen molar-refractivity contribution in [3.8, 4) is 0 Å². The molecule has 2 bridgehead atoms.